The summed E-state index contributed by atoms with van der Waals surface area (Å²) in [5, 5.41) is 51.1. The second-order valence-electron chi connectivity index (χ2n) is 17.1. The highest BCUT2D eigenvalue weighted by molar-refractivity contribution is 6.12. The number of fused-ring (bicyclic) bond motifs is 3. The van der Waals surface area contributed by atoms with Crippen LogP contribution in [0.15, 0.2) is 194 Å². The molecule has 2 N–H and O–H groups in total. The van der Waals surface area contributed by atoms with Crippen LogP contribution in [0, 0.1) is 56.7 Å². The Kier molecular flexibility index (Phi) is 11.1. The monoisotopic (exact) mass is 918 g/mol. The number of nitrogen functional groups attached to an aromatic ring is 1. The number of nitrogens with zero attached hydrogens (tertiary/aromatic N) is 9. The van der Waals surface area contributed by atoms with Gasteiger partial charge in [0.05, 0.1) is 74.9 Å². The van der Waals surface area contributed by atoms with Gasteiger partial charge in [-0.15, -0.1) is 0 Å². The van der Waals surface area contributed by atoms with Gasteiger partial charge in [-0.3, -0.25) is 0 Å². The van der Waals surface area contributed by atoms with Gasteiger partial charge in [0.2, 0.25) is 0 Å². The Labute approximate surface area is 413 Å². The Balaban J connectivity index is 1.21. The first kappa shape index (κ1) is 43.6. The number of aromatic nitrogens is 4. The van der Waals surface area contributed by atoms with Crippen molar-refractivity contribution < 1.29 is 0 Å². The van der Waals surface area contributed by atoms with E-state index in [0.717, 1.165) is 72.0 Å². The maximum Gasteiger partial charge on any atom is 0.164 e. The Morgan fingerprint density at radius 3 is 1.25 bits per heavy atom. The van der Waals surface area contributed by atoms with Gasteiger partial charge in [0.25, 0.3) is 0 Å². The van der Waals surface area contributed by atoms with Gasteiger partial charge in [-0.05, 0) is 142 Å². The Morgan fingerprint density at radius 2 is 0.764 bits per heavy atom. The summed E-state index contributed by atoms with van der Waals surface area (Å²) in [7, 11) is 0. The summed E-state index contributed by atoms with van der Waals surface area (Å²) in [6.07, 6.45) is 0. The molecule has 10 nitrogen and oxygen atoms in total. The van der Waals surface area contributed by atoms with Crippen molar-refractivity contribution in [1.82, 2.24) is 19.5 Å². The predicted octanol–water partition coefficient (Wildman–Crippen LogP) is 13.6. The van der Waals surface area contributed by atoms with E-state index in [1.54, 1.807) is 48.5 Å². The summed E-state index contributed by atoms with van der Waals surface area (Å²) in [5.41, 5.74) is 20.5. The lowest BCUT2D eigenvalue weighted by Gasteiger charge is -2.19. The summed E-state index contributed by atoms with van der Waals surface area (Å²) in [6.45, 7) is 0. The third-order valence-corrected chi connectivity index (χ3v) is 12.7. The summed E-state index contributed by atoms with van der Waals surface area (Å²) < 4.78 is 2.21. The number of nitrogens with two attached hydrogens (primary N) is 1. The molecule has 11 rings (SSSR count). The van der Waals surface area contributed by atoms with Gasteiger partial charge in [0.15, 0.2) is 17.5 Å². The molecule has 0 saturated carbocycles. The van der Waals surface area contributed by atoms with Gasteiger partial charge < -0.3 is 10.3 Å². The lowest BCUT2D eigenvalue weighted by atomic mass is 9.93. The fourth-order valence-corrected chi connectivity index (χ4v) is 9.26. The van der Waals surface area contributed by atoms with Gasteiger partial charge in [0.1, 0.15) is 0 Å². The van der Waals surface area contributed by atoms with Crippen molar-refractivity contribution in [2.24, 2.45) is 0 Å². The zero-order chi connectivity index (χ0) is 49.3. The first-order valence-electron chi connectivity index (χ1n) is 22.7. The number of rotatable bonds is 8. The SMILES string of the molecule is N#Cc1ccc(-c2ccc(-n3c4ccc(-c5cc(C#N)cc(C#N)c5)cc4c4cc(-c5cc(C#N)cc(C#N)c5)ccc43)c(-c3cc(N)ccc3-c3nc(-c4ccccc4)nc(-c4ccccc4)n3)c2)cc1. The maximum absolute atomic E-state index is 9.93. The number of hydrogen-bond acceptors (Lipinski definition) is 9. The minimum Gasteiger partial charge on any atom is -0.399 e. The van der Waals surface area contributed by atoms with Crippen LogP contribution >= 0.6 is 0 Å². The van der Waals surface area contributed by atoms with E-state index in [2.05, 4.69) is 65.2 Å². The van der Waals surface area contributed by atoms with E-state index in [-0.39, 0.29) is 0 Å². The molecule has 0 spiro atoms. The highest BCUT2D eigenvalue weighted by Crippen LogP contribution is 2.44. The van der Waals surface area contributed by atoms with E-state index >= 15 is 0 Å². The van der Waals surface area contributed by atoms with Crippen LogP contribution in [0.2, 0.25) is 0 Å². The van der Waals surface area contributed by atoms with Crippen molar-refractivity contribution >= 4 is 27.5 Å². The molecule has 0 bridgehead atoms. The van der Waals surface area contributed by atoms with Crippen LogP contribution in [-0.2, 0) is 0 Å². The Morgan fingerprint density at radius 1 is 0.319 bits per heavy atom. The third-order valence-electron chi connectivity index (χ3n) is 12.7. The molecule has 9 aromatic carbocycles. The summed E-state index contributed by atoms with van der Waals surface area (Å²) in [5.74, 6) is 1.45. The number of nitriles is 5. The van der Waals surface area contributed by atoms with Crippen LogP contribution in [0.5, 0.6) is 0 Å². The molecule has 0 aliphatic carbocycles. The molecule has 0 atom stereocenters. The zero-order valence-electron chi connectivity index (χ0n) is 38.1. The van der Waals surface area contributed by atoms with E-state index in [1.165, 1.54) is 0 Å². The molecular formula is C62H34N10. The summed E-state index contributed by atoms with van der Waals surface area (Å²) >= 11 is 0. The van der Waals surface area contributed by atoms with E-state index in [4.69, 9.17) is 20.7 Å². The predicted molar refractivity (Wildman–Crippen MR) is 280 cm³/mol. The molecule has 2 aromatic heterocycles. The van der Waals surface area contributed by atoms with Crippen molar-refractivity contribution in [3.8, 4) is 115 Å². The smallest absolute Gasteiger partial charge is 0.164 e. The molecule has 72 heavy (non-hydrogen) atoms. The molecule has 0 fully saturated rings. The van der Waals surface area contributed by atoms with E-state index in [9.17, 15) is 26.3 Å². The second kappa shape index (κ2) is 18.3. The average Bonchev–Trinajstić information content (AvgIpc) is 3.77. The van der Waals surface area contributed by atoms with Crippen LogP contribution in [0.4, 0.5) is 5.69 Å². The number of hydrogen-bond donors (Lipinski definition) is 1. The highest BCUT2D eigenvalue weighted by atomic mass is 15.0. The number of benzene rings is 9. The van der Waals surface area contributed by atoms with Crippen molar-refractivity contribution in [3.63, 3.8) is 0 Å². The Bertz CT molecular complexity index is 3960. The van der Waals surface area contributed by atoms with E-state index in [1.807, 2.05) is 115 Å². The van der Waals surface area contributed by atoms with Gasteiger partial charge in [-0.25, -0.2) is 15.0 Å². The highest BCUT2D eigenvalue weighted by Gasteiger charge is 2.23. The quantitative estimate of drug-likeness (QED) is 0.145. The van der Waals surface area contributed by atoms with Crippen molar-refractivity contribution in [2.75, 3.05) is 5.73 Å². The molecule has 0 aliphatic heterocycles. The molecular weight excluding hydrogens is 885 g/mol. The largest absolute Gasteiger partial charge is 0.399 e. The first-order chi connectivity index (χ1) is 35.3. The minimum atomic E-state index is 0.370. The lowest BCUT2D eigenvalue weighted by Crippen LogP contribution is -2.03. The average molecular weight is 919 g/mol. The molecule has 11 aromatic rings. The van der Waals surface area contributed by atoms with E-state index in [0.29, 0.717) is 67.7 Å². The van der Waals surface area contributed by atoms with Crippen LogP contribution < -0.4 is 5.73 Å². The molecule has 0 radical (unpaired) electrons. The van der Waals surface area contributed by atoms with Crippen LogP contribution in [0.1, 0.15) is 27.8 Å². The van der Waals surface area contributed by atoms with Crippen molar-refractivity contribution in [1.29, 1.82) is 26.3 Å². The number of anilines is 1. The topological polar surface area (TPSA) is 189 Å². The molecule has 0 unspecified atom stereocenters. The zero-order valence-corrected chi connectivity index (χ0v) is 38.1. The maximum atomic E-state index is 9.93. The Hall–Kier alpha value is -11.0. The second-order valence-corrected chi connectivity index (χ2v) is 17.1. The molecule has 0 saturated heterocycles. The van der Waals surface area contributed by atoms with Crippen molar-refractivity contribution in [3.05, 3.63) is 222 Å². The van der Waals surface area contributed by atoms with Crippen LogP contribution in [0.3, 0.4) is 0 Å². The molecule has 2 heterocycles. The minimum absolute atomic E-state index is 0.370. The summed E-state index contributed by atoms with van der Waals surface area (Å²) in [6, 6.07) is 72.6. The molecule has 332 valence electrons. The molecule has 0 aliphatic rings. The molecule has 0 amide bonds. The summed E-state index contributed by atoms with van der Waals surface area (Å²) in [4.78, 5) is 15.3. The fraction of sp³-hybridized carbons (Fsp3) is 0. The van der Waals surface area contributed by atoms with Gasteiger partial charge in [-0.1, -0.05) is 91.0 Å². The van der Waals surface area contributed by atoms with Crippen molar-refractivity contribution in [2.45, 2.75) is 0 Å². The normalized spacial score (nSPS) is 10.8. The molecule has 10 heteroatoms. The third kappa shape index (κ3) is 8.06. The lowest BCUT2D eigenvalue weighted by molar-refractivity contribution is 1.07. The van der Waals surface area contributed by atoms with Gasteiger partial charge in [0, 0.05) is 38.7 Å². The van der Waals surface area contributed by atoms with Gasteiger partial charge >= 0.3 is 0 Å². The first-order valence-corrected chi connectivity index (χ1v) is 22.7. The van der Waals surface area contributed by atoms with Crippen LogP contribution in [0.25, 0.3) is 106 Å². The van der Waals surface area contributed by atoms with E-state index < -0.39 is 0 Å². The van der Waals surface area contributed by atoms with Gasteiger partial charge in [-0.2, -0.15) is 26.3 Å². The standard InChI is InChI=1S/C62H34N10/c63-33-38-11-13-43(14-12-38)46-15-20-57(54(29-46)53-32-51(68)18-19-52(53)62-70-60(44-7-3-1-4-8-44)69-61(71-62)45-9-5-2-6-10-45)72-58-21-16-47(49-25-39(34-64)23-40(26-49)35-65)30-55(58)56-31-48(17-22-59(56)72)50-27-41(36-66)24-42(28-50)37-67/h1-32H,68H2. The fourth-order valence-electron chi connectivity index (χ4n) is 9.26. The van der Waals surface area contributed by atoms with Crippen LogP contribution in [-0.4, -0.2) is 19.5 Å².